The molecule has 1 unspecified atom stereocenters. The molecule has 6 heteroatoms. The summed E-state index contributed by atoms with van der Waals surface area (Å²) in [6, 6.07) is 5.97. The number of nitrogens with one attached hydrogen (secondary N) is 1. The van der Waals surface area contributed by atoms with Crippen molar-refractivity contribution in [1.29, 1.82) is 0 Å². The lowest BCUT2D eigenvalue weighted by molar-refractivity contribution is -0.139. The van der Waals surface area contributed by atoms with Gasteiger partial charge in [0.2, 0.25) is 0 Å². The minimum Gasteiger partial charge on any atom is -0.480 e. The number of carboxylic acids is 1. The van der Waals surface area contributed by atoms with Gasteiger partial charge in [-0.05, 0) is 46.9 Å². The standard InChI is InChI=1S/C12H14INO4/c1-18-7-6-10(12(16)17)14-11(15)8-2-4-9(13)5-3-8/h2-5,10H,6-7H2,1H3,(H,14,15)(H,16,17). The van der Waals surface area contributed by atoms with Crippen LogP contribution in [0.3, 0.4) is 0 Å². The van der Waals surface area contributed by atoms with Crippen LogP contribution in [0.15, 0.2) is 24.3 Å². The van der Waals surface area contributed by atoms with E-state index in [4.69, 9.17) is 9.84 Å². The molecule has 0 spiro atoms. The Morgan fingerprint density at radius 1 is 1.39 bits per heavy atom. The Labute approximate surface area is 119 Å². The number of carbonyl (C=O) groups is 2. The Morgan fingerprint density at radius 2 is 2.00 bits per heavy atom. The molecule has 0 aliphatic carbocycles. The molecule has 0 aliphatic heterocycles. The fourth-order valence-electron chi connectivity index (χ4n) is 1.34. The highest BCUT2D eigenvalue weighted by Crippen LogP contribution is 2.07. The summed E-state index contributed by atoms with van der Waals surface area (Å²) in [6.45, 7) is 0.282. The highest BCUT2D eigenvalue weighted by molar-refractivity contribution is 14.1. The fraction of sp³-hybridized carbons (Fsp3) is 0.333. The van der Waals surface area contributed by atoms with Gasteiger partial charge in [0.05, 0.1) is 0 Å². The van der Waals surface area contributed by atoms with E-state index in [2.05, 4.69) is 27.9 Å². The van der Waals surface area contributed by atoms with Crippen LogP contribution >= 0.6 is 22.6 Å². The SMILES string of the molecule is COCCC(NC(=O)c1ccc(I)cc1)C(=O)O. The Hall–Kier alpha value is -1.15. The molecule has 1 aromatic carbocycles. The molecule has 0 saturated carbocycles. The number of rotatable bonds is 6. The molecule has 1 amide bonds. The summed E-state index contributed by atoms with van der Waals surface area (Å²) in [5.74, 6) is -1.46. The van der Waals surface area contributed by atoms with Gasteiger partial charge in [-0.1, -0.05) is 0 Å². The zero-order valence-electron chi connectivity index (χ0n) is 9.85. The second-order valence-corrected chi connectivity index (χ2v) is 4.90. The molecule has 2 N–H and O–H groups in total. The maximum atomic E-state index is 11.8. The molecule has 0 aromatic heterocycles. The van der Waals surface area contributed by atoms with Gasteiger partial charge in [0.1, 0.15) is 6.04 Å². The molecular formula is C12H14INO4. The van der Waals surface area contributed by atoms with Crippen molar-refractivity contribution < 1.29 is 19.4 Å². The second-order valence-electron chi connectivity index (χ2n) is 3.65. The number of amides is 1. The van der Waals surface area contributed by atoms with Crippen molar-refractivity contribution in [3.8, 4) is 0 Å². The topological polar surface area (TPSA) is 75.6 Å². The van der Waals surface area contributed by atoms with Gasteiger partial charge in [-0.25, -0.2) is 4.79 Å². The molecule has 0 bridgehead atoms. The summed E-state index contributed by atoms with van der Waals surface area (Å²) in [5, 5.41) is 11.4. The molecule has 1 rings (SSSR count). The quantitative estimate of drug-likeness (QED) is 0.752. The van der Waals surface area contributed by atoms with Crippen molar-refractivity contribution in [1.82, 2.24) is 5.32 Å². The van der Waals surface area contributed by atoms with Gasteiger partial charge in [0.15, 0.2) is 0 Å². The number of methoxy groups -OCH3 is 1. The van der Waals surface area contributed by atoms with E-state index in [1.807, 2.05) is 0 Å². The fourth-order valence-corrected chi connectivity index (χ4v) is 1.70. The minimum absolute atomic E-state index is 0.238. The number of hydrogen-bond donors (Lipinski definition) is 2. The molecule has 0 aliphatic rings. The van der Waals surface area contributed by atoms with E-state index in [0.717, 1.165) is 3.57 Å². The van der Waals surface area contributed by atoms with Crippen molar-refractivity contribution in [2.24, 2.45) is 0 Å². The number of carboxylic acid groups (broad SMARTS) is 1. The summed E-state index contributed by atoms with van der Waals surface area (Å²) < 4.78 is 5.82. The van der Waals surface area contributed by atoms with Gasteiger partial charge < -0.3 is 15.2 Å². The minimum atomic E-state index is -1.06. The van der Waals surface area contributed by atoms with E-state index in [9.17, 15) is 9.59 Å². The first kappa shape index (κ1) is 14.9. The molecule has 0 heterocycles. The molecule has 0 saturated heterocycles. The van der Waals surface area contributed by atoms with E-state index in [1.54, 1.807) is 24.3 Å². The van der Waals surface area contributed by atoms with Gasteiger partial charge in [-0.15, -0.1) is 0 Å². The average molecular weight is 363 g/mol. The lowest BCUT2D eigenvalue weighted by Gasteiger charge is -2.14. The molecule has 0 fully saturated rings. The van der Waals surface area contributed by atoms with E-state index >= 15 is 0 Å². The third-order valence-corrected chi connectivity index (χ3v) is 3.04. The van der Waals surface area contributed by atoms with Gasteiger partial charge in [-0.3, -0.25) is 4.79 Å². The second kappa shape index (κ2) is 7.32. The highest BCUT2D eigenvalue weighted by Gasteiger charge is 2.20. The highest BCUT2D eigenvalue weighted by atomic mass is 127. The molecular weight excluding hydrogens is 349 g/mol. The predicted octanol–water partition coefficient (Wildman–Crippen LogP) is 1.51. The summed E-state index contributed by atoms with van der Waals surface area (Å²) in [5.41, 5.74) is 0.444. The van der Waals surface area contributed by atoms with E-state index in [1.165, 1.54) is 7.11 Å². The molecule has 5 nitrogen and oxygen atoms in total. The lowest BCUT2D eigenvalue weighted by Crippen LogP contribution is -2.41. The van der Waals surface area contributed by atoms with Gasteiger partial charge >= 0.3 is 5.97 Å². The van der Waals surface area contributed by atoms with Crippen LogP contribution in [0, 0.1) is 3.57 Å². The number of aliphatic carboxylic acids is 1. The van der Waals surface area contributed by atoms with E-state index in [-0.39, 0.29) is 13.0 Å². The van der Waals surface area contributed by atoms with Crippen molar-refractivity contribution in [2.45, 2.75) is 12.5 Å². The predicted molar refractivity (Wildman–Crippen MR) is 74.5 cm³/mol. The van der Waals surface area contributed by atoms with Gasteiger partial charge in [0, 0.05) is 29.3 Å². The molecule has 98 valence electrons. The third kappa shape index (κ3) is 4.61. The monoisotopic (exact) mass is 363 g/mol. The summed E-state index contributed by atoms with van der Waals surface area (Å²) in [7, 11) is 1.49. The zero-order chi connectivity index (χ0) is 13.5. The average Bonchev–Trinajstić information content (AvgIpc) is 2.34. The van der Waals surface area contributed by atoms with Crippen LogP contribution in [0.1, 0.15) is 16.8 Å². The van der Waals surface area contributed by atoms with Crippen LogP contribution in [-0.2, 0) is 9.53 Å². The van der Waals surface area contributed by atoms with Crippen molar-refractivity contribution in [2.75, 3.05) is 13.7 Å². The molecule has 1 atom stereocenters. The summed E-state index contributed by atoms with van der Waals surface area (Å²) in [4.78, 5) is 22.8. The first-order valence-corrected chi connectivity index (χ1v) is 6.40. The van der Waals surface area contributed by atoms with Crippen molar-refractivity contribution in [3.63, 3.8) is 0 Å². The first-order chi connectivity index (χ1) is 8.54. The Morgan fingerprint density at radius 3 is 2.50 bits per heavy atom. The Balaban J connectivity index is 2.66. The third-order valence-electron chi connectivity index (χ3n) is 2.32. The van der Waals surface area contributed by atoms with Crippen molar-refractivity contribution in [3.05, 3.63) is 33.4 Å². The number of hydrogen-bond acceptors (Lipinski definition) is 3. The Bertz CT molecular complexity index is 419. The number of halogens is 1. The zero-order valence-corrected chi connectivity index (χ0v) is 12.0. The molecule has 0 radical (unpaired) electrons. The maximum Gasteiger partial charge on any atom is 0.326 e. The van der Waals surface area contributed by atoms with Crippen LogP contribution in [0.4, 0.5) is 0 Å². The first-order valence-electron chi connectivity index (χ1n) is 5.32. The summed E-state index contributed by atoms with van der Waals surface area (Å²) >= 11 is 2.13. The molecule has 18 heavy (non-hydrogen) atoms. The van der Waals surface area contributed by atoms with Crippen molar-refractivity contribution >= 4 is 34.5 Å². The van der Waals surface area contributed by atoms with Crippen LogP contribution in [0.25, 0.3) is 0 Å². The summed E-state index contributed by atoms with van der Waals surface area (Å²) in [6.07, 6.45) is 0.238. The van der Waals surface area contributed by atoms with E-state index < -0.39 is 17.9 Å². The van der Waals surface area contributed by atoms with E-state index in [0.29, 0.717) is 5.56 Å². The normalized spacial score (nSPS) is 11.9. The largest absolute Gasteiger partial charge is 0.480 e. The lowest BCUT2D eigenvalue weighted by atomic mass is 10.1. The van der Waals surface area contributed by atoms with Crippen LogP contribution in [0.5, 0.6) is 0 Å². The van der Waals surface area contributed by atoms with Crippen LogP contribution in [0.2, 0.25) is 0 Å². The number of benzene rings is 1. The van der Waals surface area contributed by atoms with Gasteiger partial charge in [0.25, 0.3) is 5.91 Å². The smallest absolute Gasteiger partial charge is 0.326 e. The Kier molecular flexibility index (Phi) is 6.06. The number of ether oxygens (including phenoxy) is 1. The molecule has 1 aromatic rings. The number of carbonyl (C=O) groups excluding carboxylic acids is 1. The maximum absolute atomic E-state index is 11.8. The van der Waals surface area contributed by atoms with Crippen LogP contribution in [-0.4, -0.2) is 36.7 Å². The van der Waals surface area contributed by atoms with Gasteiger partial charge in [-0.2, -0.15) is 0 Å². The van der Waals surface area contributed by atoms with Crippen LogP contribution < -0.4 is 5.32 Å².